The minimum atomic E-state index is -2.28. The Balaban J connectivity index is 1.31. The van der Waals surface area contributed by atoms with E-state index in [0.717, 1.165) is 48.6 Å². The molecule has 0 spiro atoms. The summed E-state index contributed by atoms with van der Waals surface area (Å²) >= 11 is 0. The number of ether oxygens (including phenoxy) is 5. The van der Waals surface area contributed by atoms with Gasteiger partial charge in [-0.2, -0.15) is 0 Å². The summed E-state index contributed by atoms with van der Waals surface area (Å²) in [6.45, 7) is 19.1. The minimum absolute atomic E-state index is 0.0104. The summed E-state index contributed by atoms with van der Waals surface area (Å²) in [5.74, 6) is -5.68. The summed E-state index contributed by atoms with van der Waals surface area (Å²) in [7, 11) is -2.28. The molecular weight excluding hydrogens is 895 g/mol. The topological polar surface area (TPSA) is 231 Å². The van der Waals surface area contributed by atoms with Crippen molar-refractivity contribution in [3.8, 4) is 11.1 Å². The molecule has 68 heavy (non-hydrogen) atoms. The van der Waals surface area contributed by atoms with Crippen LogP contribution >= 0.6 is 0 Å². The number of aryl methyl sites for hydroxylation is 1. The number of benzene rings is 3. The van der Waals surface area contributed by atoms with Gasteiger partial charge >= 0.3 is 30.0 Å². The van der Waals surface area contributed by atoms with Gasteiger partial charge in [0.25, 0.3) is 0 Å². The largest absolute Gasteiger partial charge is 0.479 e. The van der Waals surface area contributed by atoms with Crippen molar-refractivity contribution in [2.45, 2.75) is 148 Å². The SMILES string of the molecule is CC(=O)O[C@@H]1[C@@H](OC(C)=O)[C@H](OC(C)=O)C(C(=O)O)O[C@H]1CCc1cc(NC(=O)C(C)NC(=O)C(NC(=O)OCC2c3ccccc3-c3ccccc32)C(C)C)ccc1CO[Si](C)(C)C(C)(C)C. The van der Waals surface area contributed by atoms with Crippen LogP contribution in [0.25, 0.3) is 11.1 Å². The predicted molar refractivity (Wildman–Crippen MR) is 253 cm³/mol. The molecule has 1 aliphatic carbocycles. The molecule has 0 aromatic heterocycles. The van der Waals surface area contributed by atoms with Gasteiger partial charge in [0.15, 0.2) is 32.7 Å². The fraction of sp³-hybridized carbons (Fsp3) is 0.500. The first-order valence-corrected chi connectivity index (χ1v) is 25.7. The number of hydrogen-bond acceptors (Lipinski definition) is 13. The van der Waals surface area contributed by atoms with Gasteiger partial charge in [0.1, 0.15) is 18.7 Å². The fourth-order valence-electron chi connectivity index (χ4n) is 8.10. The average Bonchev–Trinajstić information content (AvgIpc) is 3.57. The van der Waals surface area contributed by atoms with Gasteiger partial charge in [0.05, 0.1) is 12.7 Å². The van der Waals surface area contributed by atoms with Gasteiger partial charge in [-0.25, -0.2) is 9.59 Å². The van der Waals surface area contributed by atoms with Crippen LogP contribution < -0.4 is 16.0 Å². The maximum atomic E-state index is 13.7. The Morgan fingerprint density at radius 1 is 0.735 bits per heavy atom. The molecular formula is C50H65N3O14Si. The van der Waals surface area contributed by atoms with E-state index >= 15 is 0 Å². The van der Waals surface area contributed by atoms with Crippen molar-refractivity contribution in [1.82, 2.24) is 10.6 Å². The third kappa shape index (κ3) is 13.1. The Morgan fingerprint density at radius 2 is 1.29 bits per heavy atom. The Kier molecular flexibility index (Phi) is 17.4. The highest BCUT2D eigenvalue weighted by atomic mass is 28.4. The third-order valence-corrected chi connectivity index (χ3v) is 17.1. The molecule has 3 amide bonds. The lowest BCUT2D eigenvalue weighted by Gasteiger charge is -2.43. The van der Waals surface area contributed by atoms with Crippen LogP contribution in [0.5, 0.6) is 0 Å². The highest BCUT2D eigenvalue weighted by molar-refractivity contribution is 6.74. The molecule has 17 nitrogen and oxygen atoms in total. The fourth-order valence-corrected chi connectivity index (χ4v) is 9.05. The summed E-state index contributed by atoms with van der Waals surface area (Å²) in [6, 6.07) is 19.0. The van der Waals surface area contributed by atoms with Gasteiger partial charge < -0.3 is 49.2 Å². The van der Waals surface area contributed by atoms with Crippen molar-refractivity contribution in [3.63, 3.8) is 0 Å². The van der Waals surface area contributed by atoms with Crippen molar-refractivity contribution in [2.75, 3.05) is 11.9 Å². The first kappa shape index (κ1) is 52.9. The summed E-state index contributed by atoms with van der Waals surface area (Å²) < 4.78 is 34.6. The molecule has 3 unspecified atom stereocenters. The maximum absolute atomic E-state index is 13.7. The molecule has 1 heterocycles. The van der Waals surface area contributed by atoms with Crippen molar-refractivity contribution in [1.29, 1.82) is 0 Å². The number of carboxylic acids is 1. The van der Waals surface area contributed by atoms with Crippen LogP contribution in [0, 0.1) is 5.92 Å². The summed E-state index contributed by atoms with van der Waals surface area (Å²) in [5.41, 5.74) is 6.02. The lowest BCUT2D eigenvalue weighted by molar-refractivity contribution is -0.248. The molecule has 5 rings (SSSR count). The van der Waals surface area contributed by atoms with Crippen LogP contribution in [0.15, 0.2) is 66.7 Å². The molecule has 1 aliphatic heterocycles. The summed E-state index contributed by atoms with van der Waals surface area (Å²) in [4.78, 5) is 89.8. The number of anilines is 1. The van der Waals surface area contributed by atoms with E-state index in [-0.39, 0.29) is 42.9 Å². The second kappa shape index (κ2) is 22.3. The molecule has 4 N–H and O–H groups in total. The Bertz CT molecular complexity index is 2320. The number of carbonyl (C=O) groups is 7. The number of alkyl carbamates (subject to hydrolysis) is 1. The molecule has 0 bridgehead atoms. The summed E-state index contributed by atoms with van der Waals surface area (Å²) in [6.07, 6.45) is -8.09. The highest BCUT2D eigenvalue weighted by Gasteiger charge is 2.54. The van der Waals surface area contributed by atoms with Gasteiger partial charge in [0, 0.05) is 32.4 Å². The first-order valence-electron chi connectivity index (χ1n) is 22.8. The second-order valence-electron chi connectivity index (χ2n) is 19.1. The number of aliphatic carboxylic acids is 1. The number of rotatable bonds is 18. The molecule has 3 aromatic rings. The van der Waals surface area contributed by atoms with Gasteiger partial charge in [-0.3, -0.25) is 24.0 Å². The minimum Gasteiger partial charge on any atom is -0.479 e. The normalized spacial score (nSPS) is 19.9. The number of carboxylic acid groups (broad SMARTS) is 1. The zero-order valence-electron chi connectivity index (χ0n) is 40.6. The first-order chi connectivity index (χ1) is 31.9. The quantitative estimate of drug-likeness (QED) is 0.0584. The van der Waals surface area contributed by atoms with Crippen molar-refractivity contribution in [3.05, 3.63) is 89.0 Å². The zero-order chi connectivity index (χ0) is 50.2. The van der Waals surface area contributed by atoms with E-state index in [1.165, 1.54) is 6.92 Å². The van der Waals surface area contributed by atoms with E-state index in [2.05, 4.69) is 49.8 Å². The van der Waals surface area contributed by atoms with Gasteiger partial charge in [-0.15, -0.1) is 0 Å². The Morgan fingerprint density at radius 3 is 1.84 bits per heavy atom. The van der Waals surface area contributed by atoms with Crippen LogP contribution in [0.3, 0.4) is 0 Å². The molecule has 1 saturated heterocycles. The number of nitrogens with one attached hydrogen (secondary N) is 3. The van der Waals surface area contributed by atoms with Crippen molar-refractivity contribution in [2.24, 2.45) is 5.92 Å². The smallest absolute Gasteiger partial charge is 0.407 e. The number of esters is 3. The van der Waals surface area contributed by atoms with Crippen LogP contribution in [0.4, 0.5) is 10.5 Å². The van der Waals surface area contributed by atoms with Crippen LogP contribution in [-0.4, -0.2) is 104 Å². The number of amides is 3. The second-order valence-corrected chi connectivity index (χ2v) is 23.9. The van der Waals surface area contributed by atoms with E-state index in [1.807, 2.05) is 48.5 Å². The Labute approximate surface area is 398 Å². The average molecular weight is 960 g/mol. The lowest BCUT2D eigenvalue weighted by Crippen LogP contribution is -2.63. The number of carbonyl (C=O) groups excluding carboxylic acids is 6. The third-order valence-electron chi connectivity index (χ3n) is 12.7. The monoisotopic (exact) mass is 959 g/mol. The van der Waals surface area contributed by atoms with E-state index < -0.39 is 92.7 Å². The van der Waals surface area contributed by atoms with Crippen LogP contribution in [0.1, 0.15) is 96.9 Å². The number of fused-ring (bicyclic) bond motifs is 3. The summed E-state index contributed by atoms with van der Waals surface area (Å²) in [5, 5.41) is 18.3. The van der Waals surface area contributed by atoms with Crippen LogP contribution in [0.2, 0.25) is 18.1 Å². The predicted octanol–water partition coefficient (Wildman–Crippen LogP) is 6.79. The molecule has 7 atom stereocenters. The zero-order valence-corrected chi connectivity index (χ0v) is 41.6. The van der Waals surface area contributed by atoms with Gasteiger partial charge in [-0.1, -0.05) is 89.2 Å². The van der Waals surface area contributed by atoms with E-state index in [4.69, 9.17) is 28.1 Å². The molecule has 2 aliphatic rings. The molecule has 18 heteroatoms. The molecule has 0 saturated carbocycles. The molecule has 1 fully saturated rings. The maximum Gasteiger partial charge on any atom is 0.407 e. The molecule has 368 valence electrons. The van der Waals surface area contributed by atoms with Crippen molar-refractivity contribution < 1.29 is 66.8 Å². The lowest BCUT2D eigenvalue weighted by atomic mass is 9.90. The highest BCUT2D eigenvalue weighted by Crippen LogP contribution is 2.44. The Hall–Kier alpha value is -6.11. The van der Waals surface area contributed by atoms with E-state index in [1.54, 1.807) is 32.0 Å². The molecule has 0 radical (unpaired) electrons. The standard InChI is InChI=1S/C50H65N3O14Si/c1-27(2)41(53-49(61)62-26-39-37-18-14-12-16-35(37)36-17-13-15-19-38(36)39)47(58)51-28(3)46(57)52-34-22-20-33(25-63-68(10,11)50(7,8)9)32(24-34)21-23-40-42(64-29(4)54)43(65-30(5)55)44(66-31(6)56)45(67-40)48(59)60/h12-20,22,24,27-28,39-45H,21,23,25-26H2,1-11H3,(H,51,58)(H,52,57)(H,53,61)(H,59,60)/t28?,40-,41?,42-,43+,44-,45?/m0/s1. The van der Waals surface area contributed by atoms with Gasteiger partial charge in [-0.05, 0) is 89.3 Å². The van der Waals surface area contributed by atoms with Gasteiger partial charge in [0.2, 0.25) is 11.8 Å². The van der Waals surface area contributed by atoms with Crippen molar-refractivity contribution >= 4 is 55.8 Å². The van der Waals surface area contributed by atoms with E-state index in [9.17, 15) is 38.7 Å². The van der Waals surface area contributed by atoms with Crippen LogP contribution in [-0.2, 0) is 69.9 Å². The number of hydrogen-bond donors (Lipinski definition) is 4. The molecule has 3 aromatic carbocycles. The van der Waals surface area contributed by atoms with E-state index in [0.29, 0.717) is 11.3 Å².